The van der Waals surface area contributed by atoms with Crippen LogP contribution in [-0.2, 0) is 4.74 Å². The second-order valence-electron chi connectivity index (χ2n) is 6.14. The topological polar surface area (TPSA) is 51.4 Å². The number of rotatable bonds is 3. The fourth-order valence-corrected chi connectivity index (χ4v) is 3.48. The molecule has 2 fully saturated rings. The second kappa shape index (κ2) is 6.22. The Balaban J connectivity index is 1.62. The number of nitrogens with zero attached hydrogens (tertiary/aromatic N) is 3. The van der Waals surface area contributed by atoms with Crippen LogP contribution in [-0.4, -0.2) is 40.9 Å². The molecular weight excluding hydrogens is 254 g/mol. The Morgan fingerprint density at radius 3 is 2.70 bits per heavy atom. The van der Waals surface area contributed by atoms with Gasteiger partial charge in [-0.2, -0.15) is 0 Å². The van der Waals surface area contributed by atoms with Gasteiger partial charge in [-0.05, 0) is 25.7 Å². The van der Waals surface area contributed by atoms with Gasteiger partial charge in [0.2, 0.25) is 11.8 Å². The Morgan fingerprint density at radius 2 is 2.00 bits per heavy atom. The van der Waals surface area contributed by atoms with Crippen LogP contribution in [0.1, 0.15) is 56.9 Å². The van der Waals surface area contributed by atoms with Crippen molar-refractivity contribution < 1.29 is 9.15 Å². The van der Waals surface area contributed by atoms with Crippen molar-refractivity contribution in [1.29, 1.82) is 0 Å². The van der Waals surface area contributed by atoms with E-state index in [9.17, 15) is 0 Å². The van der Waals surface area contributed by atoms with E-state index in [1.54, 1.807) is 0 Å². The first kappa shape index (κ1) is 14.0. The summed E-state index contributed by atoms with van der Waals surface area (Å²) in [7, 11) is 0. The Morgan fingerprint density at radius 1 is 1.20 bits per heavy atom. The van der Waals surface area contributed by atoms with Crippen molar-refractivity contribution in [2.24, 2.45) is 5.92 Å². The van der Waals surface area contributed by atoms with E-state index >= 15 is 0 Å². The van der Waals surface area contributed by atoms with Crippen LogP contribution in [0.5, 0.6) is 0 Å². The van der Waals surface area contributed by atoms with E-state index in [0.717, 1.165) is 31.5 Å². The van der Waals surface area contributed by atoms with Crippen molar-refractivity contribution in [2.75, 3.05) is 19.7 Å². The van der Waals surface area contributed by atoms with Crippen LogP contribution in [0.2, 0.25) is 0 Å². The molecule has 1 saturated heterocycles. The monoisotopic (exact) mass is 279 g/mol. The Labute approximate surface area is 120 Å². The van der Waals surface area contributed by atoms with Crippen LogP contribution in [0.3, 0.4) is 0 Å². The minimum Gasteiger partial charge on any atom is -0.424 e. The molecular formula is C15H25N3O2. The van der Waals surface area contributed by atoms with Gasteiger partial charge in [0.05, 0.1) is 18.8 Å². The molecule has 5 heteroatoms. The molecule has 112 valence electrons. The summed E-state index contributed by atoms with van der Waals surface area (Å²) >= 11 is 0. The lowest BCUT2D eigenvalue weighted by atomic mass is 9.84. The van der Waals surface area contributed by atoms with Gasteiger partial charge >= 0.3 is 0 Å². The summed E-state index contributed by atoms with van der Waals surface area (Å²) in [6, 6.07) is 0.186. The SMILES string of the molecule is Cc1nnc([C@H](C)N2CCO[C@H](C3CCCCC3)C2)o1. The highest BCUT2D eigenvalue weighted by Gasteiger charge is 2.32. The maximum atomic E-state index is 6.03. The van der Waals surface area contributed by atoms with Crippen LogP contribution in [0.4, 0.5) is 0 Å². The van der Waals surface area contributed by atoms with Crippen molar-refractivity contribution >= 4 is 0 Å². The van der Waals surface area contributed by atoms with Crippen LogP contribution in [0.15, 0.2) is 4.42 Å². The molecule has 0 amide bonds. The van der Waals surface area contributed by atoms with E-state index in [4.69, 9.17) is 9.15 Å². The zero-order valence-corrected chi connectivity index (χ0v) is 12.5. The number of hydrogen-bond acceptors (Lipinski definition) is 5. The number of aryl methyl sites for hydroxylation is 1. The van der Waals surface area contributed by atoms with Crippen LogP contribution in [0.25, 0.3) is 0 Å². The zero-order chi connectivity index (χ0) is 13.9. The molecule has 0 spiro atoms. The predicted molar refractivity (Wildman–Crippen MR) is 75.3 cm³/mol. The van der Waals surface area contributed by atoms with Crippen molar-refractivity contribution in [3.63, 3.8) is 0 Å². The molecule has 0 N–H and O–H groups in total. The van der Waals surface area contributed by atoms with Gasteiger partial charge in [-0.3, -0.25) is 4.90 Å². The van der Waals surface area contributed by atoms with Crippen LogP contribution in [0, 0.1) is 12.8 Å². The number of aromatic nitrogens is 2. The summed E-state index contributed by atoms with van der Waals surface area (Å²) in [5.41, 5.74) is 0. The number of hydrogen-bond donors (Lipinski definition) is 0. The highest BCUT2D eigenvalue weighted by Crippen LogP contribution is 2.31. The average molecular weight is 279 g/mol. The summed E-state index contributed by atoms with van der Waals surface area (Å²) in [6.45, 7) is 6.75. The predicted octanol–water partition coefficient (Wildman–Crippen LogP) is 2.72. The smallest absolute Gasteiger partial charge is 0.233 e. The third-order valence-corrected chi connectivity index (χ3v) is 4.75. The van der Waals surface area contributed by atoms with E-state index in [1.165, 1.54) is 32.1 Å². The molecule has 1 saturated carbocycles. The van der Waals surface area contributed by atoms with E-state index in [-0.39, 0.29) is 6.04 Å². The average Bonchev–Trinajstić information content (AvgIpc) is 2.94. The first-order valence-electron chi connectivity index (χ1n) is 7.89. The normalized spacial score (nSPS) is 27.6. The highest BCUT2D eigenvalue weighted by atomic mass is 16.5. The fourth-order valence-electron chi connectivity index (χ4n) is 3.48. The molecule has 0 unspecified atom stereocenters. The molecule has 3 rings (SSSR count). The minimum absolute atomic E-state index is 0.186. The molecule has 1 aromatic rings. The Bertz CT molecular complexity index is 429. The van der Waals surface area contributed by atoms with Gasteiger partial charge in [0, 0.05) is 20.0 Å². The maximum Gasteiger partial charge on any atom is 0.233 e. The van der Waals surface area contributed by atoms with Gasteiger partial charge in [0.15, 0.2) is 0 Å². The maximum absolute atomic E-state index is 6.03. The van der Waals surface area contributed by atoms with Gasteiger partial charge in [0.25, 0.3) is 0 Å². The molecule has 1 aliphatic carbocycles. The summed E-state index contributed by atoms with van der Waals surface area (Å²) in [4.78, 5) is 2.43. The van der Waals surface area contributed by atoms with Gasteiger partial charge in [-0.15, -0.1) is 10.2 Å². The van der Waals surface area contributed by atoms with Gasteiger partial charge in [-0.25, -0.2) is 0 Å². The third-order valence-electron chi connectivity index (χ3n) is 4.75. The van der Waals surface area contributed by atoms with Crippen molar-refractivity contribution in [3.05, 3.63) is 11.8 Å². The molecule has 0 bridgehead atoms. The lowest BCUT2D eigenvalue weighted by Crippen LogP contribution is -2.47. The van der Waals surface area contributed by atoms with Crippen LogP contribution >= 0.6 is 0 Å². The molecule has 2 aliphatic rings. The van der Waals surface area contributed by atoms with E-state index < -0.39 is 0 Å². The van der Waals surface area contributed by atoms with Gasteiger partial charge in [-0.1, -0.05) is 19.3 Å². The summed E-state index contributed by atoms with van der Waals surface area (Å²) in [5, 5.41) is 8.10. The molecule has 1 aromatic heterocycles. The van der Waals surface area contributed by atoms with Crippen molar-refractivity contribution in [3.8, 4) is 0 Å². The van der Waals surface area contributed by atoms with Gasteiger partial charge in [0.1, 0.15) is 0 Å². The first-order valence-corrected chi connectivity index (χ1v) is 7.89. The third kappa shape index (κ3) is 3.04. The molecule has 5 nitrogen and oxygen atoms in total. The summed E-state index contributed by atoms with van der Waals surface area (Å²) in [5.74, 6) is 2.11. The lowest BCUT2D eigenvalue weighted by Gasteiger charge is -2.40. The molecule has 20 heavy (non-hydrogen) atoms. The molecule has 1 aliphatic heterocycles. The lowest BCUT2D eigenvalue weighted by molar-refractivity contribution is -0.0772. The standard InChI is InChI=1S/C15H25N3O2/c1-11(15-17-16-12(2)20-15)18-8-9-19-14(10-18)13-6-4-3-5-7-13/h11,13-14H,3-10H2,1-2H3/t11-,14-/m0/s1. The zero-order valence-electron chi connectivity index (χ0n) is 12.5. The largest absolute Gasteiger partial charge is 0.424 e. The summed E-state index contributed by atoms with van der Waals surface area (Å²) in [6.07, 6.45) is 7.16. The van der Waals surface area contributed by atoms with E-state index in [2.05, 4.69) is 22.0 Å². The molecule has 0 aromatic carbocycles. The van der Waals surface area contributed by atoms with Crippen LogP contribution < -0.4 is 0 Å². The van der Waals surface area contributed by atoms with Crippen molar-refractivity contribution in [1.82, 2.24) is 15.1 Å². The summed E-state index contributed by atoms with van der Waals surface area (Å²) < 4.78 is 11.6. The number of morpholine rings is 1. The van der Waals surface area contributed by atoms with Gasteiger partial charge < -0.3 is 9.15 Å². The highest BCUT2D eigenvalue weighted by molar-refractivity contribution is 4.91. The Hall–Kier alpha value is -0.940. The fraction of sp³-hybridized carbons (Fsp3) is 0.867. The molecule has 2 atom stereocenters. The second-order valence-corrected chi connectivity index (χ2v) is 6.14. The molecule has 2 heterocycles. The van der Waals surface area contributed by atoms with E-state index in [0.29, 0.717) is 12.0 Å². The molecule has 0 radical (unpaired) electrons. The number of ether oxygens (including phenoxy) is 1. The van der Waals surface area contributed by atoms with E-state index in [1.807, 2.05) is 6.92 Å². The van der Waals surface area contributed by atoms with Crippen molar-refractivity contribution in [2.45, 2.75) is 58.1 Å². The first-order chi connectivity index (χ1) is 9.74. The quantitative estimate of drug-likeness (QED) is 0.851. The Kier molecular flexibility index (Phi) is 4.36. The minimum atomic E-state index is 0.186.